The molecule has 0 aliphatic heterocycles. The average molecular weight is 281 g/mol. The van der Waals surface area contributed by atoms with Gasteiger partial charge in [0.15, 0.2) is 0 Å². The number of hydrogen-bond donors (Lipinski definition) is 2. The number of aromatic hydroxyl groups is 1. The van der Waals surface area contributed by atoms with E-state index in [0.29, 0.717) is 11.8 Å². The van der Waals surface area contributed by atoms with Gasteiger partial charge in [-0.2, -0.15) is 0 Å². The van der Waals surface area contributed by atoms with Gasteiger partial charge in [0.1, 0.15) is 5.75 Å². The fourth-order valence-electron chi connectivity index (χ4n) is 3.30. The quantitative estimate of drug-likeness (QED) is 0.894. The number of phenolic OH excluding ortho intramolecular Hbond substituents is 1. The fourth-order valence-corrected chi connectivity index (χ4v) is 3.30. The van der Waals surface area contributed by atoms with Crippen molar-refractivity contribution < 1.29 is 5.11 Å². The smallest absolute Gasteiger partial charge is 0.120 e. The van der Waals surface area contributed by atoms with Crippen LogP contribution in [0.2, 0.25) is 0 Å². The van der Waals surface area contributed by atoms with Crippen molar-refractivity contribution in [1.82, 2.24) is 5.32 Å². The van der Waals surface area contributed by atoms with E-state index in [1.165, 1.54) is 16.7 Å². The Morgan fingerprint density at radius 1 is 1.14 bits per heavy atom. The molecule has 2 atom stereocenters. The maximum absolute atomic E-state index is 10.1. The lowest BCUT2D eigenvalue weighted by atomic mass is 9.87. The van der Waals surface area contributed by atoms with Crippen molar-refractivity contribution >= 4 is 0 Å². The molecule has 2 N–H and O–H groups in total. The van der Waals surface area contributed by atoms with E-state index in [0.717, 1.165) is 24.8 Å². The third-order valence-electron chi connectivity index (χ3n) is 4.48. The topological polar surface area (TPSA) is 32.3 Å². The molecular formula is C19H23NO. The highest BCUT2D eigenvalue weighted by molar-refractivity contribution is 5.38. The lowest BCUT2D eigenvalue weighted by molar-refractivity contribution is 0.398. The SMILES string of the molecule is Cc1ccc(O)c(C(C)NC2CCc3ccccc3C2)c1. The molecule has 0 saturated carbocycles. The minimum Gasteiger partial charge on any atom is -0.508 e. The van der Waals surface area contributed by atoms with E-state index >= 15 is 0 Å². The molecule has 2 aromatic carbocycles. The molecule has 0 saturated heterocycles. The Hall–Kier alpha value is -1.80. The zero-order valence-electron chi connectivity index (χ0n) is 12.8. The second-order valence-corrected chi connectivity index (χ2v) is 6.16. The van der Waals surface area contributed by atoms with E-state index < -0.39 is 0 Å². The first-order chi connectivity index (χ1) is 10.1. The molecule has 110 valence electrons. The van der Waals surface area contributed by atoms with E-state index in [2.05, 4.69) is 49.5 Å². The Morgan fingerprint density at radius 3 is 2.71 bits per heavy atom. The predicted molar refractivity (Wildman–Crippen MR) is 86.6 cm³/mol. The molecule has 0 amide bonds. The lowest BCUT2D eigenvalue weighted by Gasteiger charge is -2.29. The Balaban J connectivity index is 1.71. The largest absolute Gasteiger partial charge is 0.508 e. The van der Waals surface area contributed by atoms with Crippen molar-refractivity contribution in [1.29, 1.82) is 0 Å². The Morgan fingerprint density at radius 2 is 1.90 bits per heavy atom. The zero-order valence-corrected chi connectivity index (χ0v) is 12.8. The summed E-state index contributed by atoms with van der Waals surface area (Å²) in [6.07, 6.45) is 3.38. The number of rotatable bonds is 3. The summed E-state index contributed by atoms with van der Waals surface area (Å²) in [6.45, 7) is 4.20. The molecule has 0 radical (unpaired) electrons. The second-order valence-electron chi connectivity index (χ2n) is 6.16. The zero-order chi connectivity index (χ0) is 14.8. The number of phenols is 1. The van der Waals surface area contributed by atoms with E-state index in [-0.39, 0.29) is 6.04 Å². The Labute approximate surface area is 126 Å². The van der Waals surface area contributed by atoms with Crippen LogP contribution >= 0.6 is 0 Å². The van der Waals surface area contributed by atoms with Crippen LogP contribution in [-0.2, 0) is 12.8 Å². The summed E-state index contributed by atoms with van der Waals surface area (Å²) in [5, 5.41) is 13.7. The first-order valence-corrected chi connectivity index (χ1v) is 7.76. The first-order valence-electron chi connectivity index (χ1n) is 7.76. The Bertz CT molecular complexity index is 635. The number of aryl methyl sites for hydroxylation is 2. The third kappa shape index (κ3) is 3.11. The van der Waals surface area contributed by atoms with Gasteiger partial charge in [0, 0.05) is 17.6 Å². The molecule has 2 aromatic rings. The molecule has 2 heteroatoms. The second kappa shape index (κ2) is 5.90. The molecule has 0 spiro atoms. The van der Waals surface area contributed by atoms with Crippen LogP contribution in [0.1, 0.15) is 41.6 Å². The number of hydrogen-bond acceptors (Lipinski definition) is 2. The average Bonchev–Trinajstić information content (AvgIpc) is 2.49. The molecule has 21 heavy (non-hydrogen) atoms. The fraction of sp³-hybridized carbons (Fsp3) is 0.368. The summed E-state index contributed by atoms with van der Waals surface area (Å²) < 4.78 is 0. The van der Waals surface area contributed by atoms with Gasteiger partial charge in [-0.15, -0.1) is 0 Å². The first kappa shape index (κ1) is 14.2. The summed E-state index contributed by atoms with van der Waals surface area (Å²) in [7, 11) is 0. The van der Waals surface area contributed by atoms with Crippen LogP contribution in [-0.4, -0.2) is 11.1 Å². The predicted octanol–water partition coefficient (Wildman–Crippen LogP) is 3.91. The highest BCUT2D eigenvalue weighted by atomic mass is 16.3. The highest BCUT2D eigenvalue weighted by Crippen LogP contribution is 2.27. The molecule has 1 aliphatic rings. The van der Waals surface area contributed by atoms with Gasteiger partial charge < -0.3 is 10.4 Å². The van der Waals surface area contributed by atoms with Gasteiger partial charge in [-0.3, -0.25) is 0 Å². The molecule has 1 aliphatic carbocycles. The van der Waals surface area contributed by atoms with Gasteiger partial charge in [0.2, 0.25) is 0 Å². The summed E-state index contributed by atoms with van der Waals surface area (Å²) in [4.78, 5) is 0. The maximum atomic E-state index is 10.1. The van der Waals surface area contributed by atoms with Crippen LogP contribution in [0.4, 0.5) is 0 Å². The van der Waals surface area contributed by atoms with Gasteiger partial charge >= 0.3 is 0 Å². The monoisotopic (exact) mass is 281 g/mol. The van der Waals surface area contributed by atoms with Crippen LogP contribution < -0.4 is 5.32 Å². The van der Waals surface area contributed by atoms with Gasteiger partial charge in [0.05, 0.1) is 0 Å². The van der Waals surface area contributed by atoms with Crippen molar-refractivity contribution in [2.45, 2.75) is 45.2 Å². The van der Waals surface area contributed by atoms with Gasteiger partial charge in [0.25, 0.3) is 0 Å². The molecule has 2 unspecified atom stereocenters. The van der Waals surface area contributed by atoms with Gasteiger partial charge in [-0.05, 0) is 50.3 Å². The number of fused-ring (bicyclic) bond motifs is 1. The number of benzene rings is 2. The number of nitrogens with one attached hydrogen (secondary N) is 1. The highest BCUT2D eigenvalue weighted by Gasteiger charge is 2.21. The van der Waals surface area contributed by atoms with E-state index in [9.17, 15) is 5.11 Å². The van der Waals surface area contributed by atoms with Gasteiger partial charge in [-0.25, -0.2) is 0 Å². The third-order valence-corrected chi connectivity index (χ3v) is 4.48. The standard InChI is InChI=1S/C19H23NO/c1-13-7-10-19(21)18(11-13)14(2)20-17-9-8-15-5-3-4-6-16(15)12-17/h3-7,10-11,14,17,20-21H,8-9,12H2,1-2H3. The molecule has 2 nitrogen and oxygen atoms in total. The lowest BCUT2D eigenvalue weighted by Crippen LogP contribution is -2.36. The van der Waals surface area contributed by atoms with Crippen molar-refractivity contribution in [2.24, 2.45) is 0 Å². The van der Waals surface area contributed by atoms with Crippen molar-refractivity contribution in [3.8, 4) is 5.75 Å². The van der Waals surface area contributed by atoms with Gasteiger partial charge in [-0.1, -0.05) is 42.0 Å². The van der Waals surface area contributed by atoms with Crippen LogP contribution in [0, 0.1) is 6.92 Å². The Kier molecular flexibility index (Phi) is 3.98. The summed E-state index contributed by atoms with van der Waals surface area (Å²) >= 11 is 0. The summed E-state index contributed by atoms with van der Waals surface area (Å²) in [5.74, 6) is 0.386. The van der Waals surface area contributed by atoms with E-state index in [1.54, 1.807) is 6.07 Å². The van der Waals surface area contributed by atoms with E-state index in [4.69, 9.17) is 0 Å². The normalized spacial score (nSPS) is 19.0. The molecule has 0 bridgehead atoms. The van der Waals surface area contributed by atoms with Crippen LogP contribution in [0.15, 0.2) is 42.5 Å². The van der Waals surface area contributed by atoms with Crippen molar-refractivity contribution in [3.63, 3.8) is 0 Å². The van der Waals surface area contributed by atoms with Crippen molar-refractivity contribution in [2.75, 3.05) is 0 Å². The molecule has 3 rings (SSSR count). The van der Waals surface area contributed by atoms with Crippen LogP contribution in [0.25, 0.3) is 0 Å². The van der Waals surface area contributed by atoms with Crippen LogP contribution in [0.3, 0.4) is 0 Å². The molecular weight excluding hydrogens is 258 g/mol. The maximum Gasteiger partial charge on any atom is 0.120 e. The van der Waals surface area contributed by atoms with Crippen molar-refractivity contribution in [3.05, 3.63) is 64.7 Å². The van der Waals surface area contributed by atoms with Crippen LogP contribution in [0.5, 0.6) is 5.75 Å². The summed E-state index contributed by atoms with van der Waals surface area (Å²) in [6, 6.07) is 15.2. The minimum absolute atomic E-state index is 0.167. The summed E-state index contributed by atoms with van der Waals surface area (Å²) in [5.41, 5.74) is 5.13. The molecule has 0 heterocycles. The minimum atomic E-state index is 0.167. The van der Waals surface area contributed by atoms with E-state index in [1.807, 2.05) is 6.07 Å². The molecule has 0 aromatic heterocycles. The molecule has 0 fully saturated rings.